The Balaban J connectivity index is 2.44. The predicted molar refractivity (Wildman–Crippen MR) is 47.6 cm³/mol. The third kappa shape index (κ3) is 3.07. The van der Waals surface area contributed by atoms with Crippen molar-refractivity contribution in [1.29, 1.82) is 0 Å². The molecule has 0 unspecified atom stereocenters. The minimum atomic E-state index is -0.510. The minimum absolute atomic E-state index is 0.181. The van der Waals surface area contributed by atoms with Gasteiger partial charge in [0.1, 0.15) is 5.75 Å². The molecule has 3 nitrogen and oxygen atoms in total. The number of ketones is 2. The van der Waals surface area contributed by atoms with E-state index in [1.54, 1.807) is 24.3 Å². The molecule has 0 saturated carbocycles. The number of rotatable bonds is 4. The van der Waals surface area contributed by atoms with Crippen LogP contribution in [0.3, 0.4) is 0 Å². The van der Waals surface area contributed by atoms with Crippen molar-refractivity contribution in [2.24, 2.45) is 0 Å². The van der Waals surface area contributed by atoms with Gasteiger partial charge in [-0.3, -0.25) is 9.59 Å². The summed E-state index contributed by atoms with van der Waals surface area (Å²) in [4.78, 5) is 21.4. The van der Waals surface area contributed by atoms with Gasteiger partial charge in [-0.1, -0.05) is 18.2 Å². The van der Waals surface area contributed by atoms with Gasteiger partial charge in [0.05, 0.1) is 0 Å². The fraction of sp³-hybridized carbons (Fsp3) is 0.200. The van der Waals surface area contributed by atoms with Gasteiger partial charge in [0.15, 0.2) is 12.4 Å². The molecule has 0 N–H and O–H groups in total. The summed E-state index contributed by atoms with van der Waals surface area (Å²) >= 11 is 0. The summed E-state index contributed by atoms with van der Waals surface area (Å²) in [6.45, 7) is 1.05. The molecule has 1 rings (SSSR count). The van der Waals surface area contributed by atoms with E-state index >= 15 is 0 Å². The molecule has 0 saturated heterocycles. The second-order valence-corrected chi connectivity index (χ2v) is 2.58. The predicted octanol–water partition coefficient (Wildman–Crippen LogP) is 1.22. The van der Waals surface area contributed by atoms with Crippen LogP contribution in [0, 0.1) is 0 Å². The van der Waals surface area contributed by atoms with E-state index in [2.05, 4.69) is 0 Å². The van der Waals surface area contributed by atoms with Gasteiger partial charge in [-0.25, -0.2) is 0 Å². The van der Waals surface area contributed by atoms with Gasteiger partial charge in [0, 0.05) is 6.92 Å². The van der Waals surface area contributed by atoms with E-state index in [9.17, 15) is 9.59 Å². The third-order valence-electron chi connectivity index (χ3n) is 1.51. The van der Waals surface area contributed by atoms with Crippen LogP contribution in [-0.2, 0) is 9.59 Å². The van der Waals surface area contributed by atoms with E-state index < -0.39 is 11.6 Å². The SMILES string of the molecule is CC(=O)C(=O)COc1ccccc1. The first-order chi connectivity index (χ1) is 6.20. The largest absolute Gasteiger partial charge is 0.485 e. The second kappa shape index (κ2) is 4.40. The smallest absolute Gasteiger partial charge is 0.235 e. The molecule has 68 valence electrons. The molecule has 13 heavy (non-hydrogen) atoms. The topological polar surface area (TPSA) is 43.4 Å². The molecule has 3 heteroatoms. The van der Waals surface area contributed by atoms with Gasteiger partial charge in [-0.2, -0.15) is 0 Å². The van der Waals surface area contributed by atoms with E-state index in [-0.39, 0.29) is 6.61 Å². The number of benzene rings is 1. The molecule has 0 spiro atoms. The highest BCUT2D eigenvalue weighted by Crippen LogP contribution is 2.07. The molecule has 0 aromatic heterocycles. The zero-order valence-corrected chi connectivity index (χ0v) is 7.32. The lowest BCUT2D eigenvalue weighted by Gasteiger charge is -2.02. The summed E-state index contributed by atoms with van der Waals surface area (Å²) in [6.07, 6.45) is 0. The Bertz CT molecular complexity index is 303. The number of carbonyl (C=O) groups is 2. The molecule has 0 fully saturated rings. The fourth-order valence-corrected chi connectivity index (χ4v) is 0.767. The van der Waals surface area contributed by atoms with Crippen molar-refractivity contribution >= 4 is 11.6 Å². The molecular weight excluding hydrogens is 168 g/mol. The Labute approximate surface area is 76.3 Å². The summed E-state index contributed by atoms with van der Waals surface area (Å²) in [5, 5.41) is 0. The van der Waals surface area contributed by atoms with Crippen molar-refractivity contribution in [2.45, 2.75) is 6.92 Å². The highest BCUT2D eigenvalue weighted by Gasteiger charge is 2.07. The molecule has 1 aromatic rings. The Morgan fingerprint density at radius 2 is 1.85 bits per heavy atom. The standard InChI is InChI=1S/C10H10O3/c1-8(11)10(12)7-13-9-5-3-2-4-6-9/h2-6H,7H2,1H3. The first kappa shape index (κ1) is 9.45. The summed E-state index contributed by atoms with van der Waals surface area (Å²) in [7, 11) is 0. The number of ether oxygens (including phenoxy) is 1. The molecule has 0 atom stereocenters. The van der Waals surface area contributed by atoms with Crippen molar-refractivity contribution < 1.29 is 14.3 Å². The zero-order chi connectivity index (χ0) is 9.68. The molecule has 0 aliphatic rings. The van der Waals surface area contributed by atoms with Crippen LogP contribution < -0.4 is 4.74 Å². The van der Waals surface area contributed by atoms with Crippen molar-refractivity contribution in [3.8, 4) is 5.75 Å². The van der Waals surface area contributed by atoms with Gasteiger partial charge < -0.3 is 4.74 Å². The maximum absolute atomic E-state index is 10.8. The average Bonchev–Trinajstić information content (AvgIpc) is 2.15. The molecule has 0 amide bonds. The van der Waals surface area contributed by atoms with Crippen molar-refractivity contribution in [3.05, 3.63) is 30.3 Å². The fourth-order valence-electron chi connectivity index (χ4n) is 0.767. The van der Waals surface area contributed by atoms with E-state index in [4.69, 9.17) is 4.74 Å². The Morgan fingerprint density at radius 3 is 2.38 bits per heavy atom. The molecule has 0 aliphatic heterocycles. The third-order valence-corrected chi connectivity index (χ3v) is 1.51. The zero-order valence-electron chi connectivity index (χ0n) is 7.32. The average molecular weight is 178 g/mol. The van der Waals surface area contributed by atoms with Gasteiger partial charge in [0.2, 0.25) is 5.78 Å². The number of para-hydroxylation sites is 1. The van der Waals surface area contributed by atoms with Crippen molar-refractivity contribution in [2.75, 3.05) is 6.61 Å². The lowest BCUT2D eigenvalue weighted by molar-refractivity contribution is -0.136. The minimum Gasteiger partial charge on any atom is -0.485 e. The molecule has 1 aromatic carbocycles. The van der Waals surface area contributed by atoms with Crippen LogP contribution >= 0.6 is 0 Å². The van der Waals surface area contributed by atoms with Crippen LogP contribution in [0.1, 0.15) is 6.92 Å². The highest BCUT2D eigenvalue weighted by molar-refractivity contribution is 6.36. The molecular formula is C10H10O3. The summed E-state index contributed by atoms with van der Waals surface area (Å²) in [5.41, 5.74) is 0. The van der Waals surface area contributed by atoms with E-state index in [0.29, 0.717) is 5.75 Å². The van der Waals surface area contributed by atoms with Crippen LogP contribution in [0.25, 0.3) is 0 Å². The van der Waals surface area contributed by atoms with Gasteiger partial charge in [-0.15, -0.1) is 0 Å². The van der Waals surface area contributed by atoms with Gasteiger partial charge in [-0.05, 0) is 12.1 Å². The summed E-state index contributed by atoms with van der Waals surface area (Å²) < 4.78 is 5.06. The maximum atomic E-state index is 10.8. The van der Waals surface area contributed by atoms with Crippen LogP contribution in [0.15, 0.2) is 30.3 Å². The lowest BCUT2D eigenvalue weighted by Crippen LogP contribution is -2.18. The lowest BCUT2D eigenvalue weighted by atomic mass is 10.3. The first-order valence-electron chi connectivity index (χ1n) is 3.92. The van der Waals surface area contributed by atoms with Crippen molar-refractivity contribution in [1.82, 2.24) is 0 Å². The second-order valence-electron chi connectivity index (χ2n) is 2.58. The summed E-state index contributed by atoms with van der Waals surface area (Å²) in [6, 6.07) is 8.90. The quantitative estimate of drug-likeness (QED) is 0.651. The van der Waals surface area contributed by atoms with Crippen LogP contribution in [0.4, 0.5) is 0 Å². The Morgan fingerprint density at radius 1 is 1.23 bits per heavy atom. The monoisotopic (exact) mass is 178 g/mol. The van der Waals surface area contributed by atoms with E-state index in [1.807, 2.05) is 6.07 Å². The van der Waals surface area contributed by atoms with Gasteiger partial charge >= 0.3 is 0 Å². The summed E-state index contributed by atoms with van der Waals surface area (Å²) in [5.74, 6) is -0.392. The maximum Gasteiger partial charge on any atom is 0.235 e. The van der Waals surface area contributed by atoms with Crippen molar-refractivity contribution in [3.63, 3.8) is 0 Å². The number of Topliss-reactive ketones (excluding diaryl/α,β-unsaturated/α-hetero) is 2. The highest BCUT2D eigenvalue weighted by atomic mass is 16.5. The number of carbonyl (C=O) groups excluding carboxylic acids is 2. The Kier molecular flexibility index (Phi) is 3.20. The number of hydrogen-bond donors (Lipinski definition) is 0. The first-order valence-corrected chi connectivity index (χ1v) is 3.92. The van der Waals surface area contributed by atoms with Crippen LogP contribution in [-0.4, -0.2) is 18.2 Å². The normalized spacial score (nSPS) is 9.31. The molecule has 0 aliphatic carbocycles. The molecule has 0 radical (unpaired) electrons. The van der Waals surface area contributed by atoms with Crippen LogP contribution in [0.2, 0.25) is 0 Å². The molecule has 0 heterocycles. The van der Waals surface area contributed by atoms with Gasteiger partial charge in [0.25, 0.3) is 0 Å². The number of hydrogen-bond acceptors (Lipinski definition) is 3. The molecule has 0 bridgehead atoms. The Hall–Kier alpha value is -1.64. The van der Waals surface area contributed by atoms with Crippen LogP contribution in [0.5, 0.6) is 5.75 Å². The van der Waals surface area contributed by atoms with E-state index in [1.165, 1.54) is 6.92 Å². The van der Waals surface area contributed by atoms with E-state index in [0.717, 1.165) is 0 Å².